The maximum Gasteiger partial charge on any atom is 0.343 e. The Morgan fingerprint density at radius 3 is 2.57 bits per heavy atom. The summed E-state index contributed by atoms with van der Waals surface area (Å²) in [6.45, 7) is 8.34. The summed E-state index contributed by atoms with van der Waals surface area (Å²) in [6.07, 6.45) is 1.43. The van der Waals surface area contributed by atoms with Crippen molar-refractivity contribution < 1.29 is 9.53 Å². The van der Waals surface area contributed by atoms with Gasteiger partial charge in [-0.05, 0) is 52.6 Å². The smallest absolute Gasteiger partial charge is 0.343 e. The zero-order valence-corrected chi connectivity index (χ0v) is 14.7. The number of benzene rings is 1. The van der Waals surface area contributed by atoms with Crippen LogP contribution in [0, 0.1) is 3.57 Å². The largest absolute Gasteiger partial charge is 0.462 e. The molecular weight excluding hydrogens is 381 g/mol. The molecule has 0 saturated carbocycles. The van der Waals surface area contributed by atoms with Gasteiger partial charge >= 0.3 is 5.97 Å². The highest BCUT2D eigenvalue weighted by Crippen LogP contribution is 2.29. The lowest BCUT2D eigenvalue weighted by Crippen LogP contribution is -2.19. The second-order valence-electron chi connectivity index (χ2n) is 5.88. The Balaban J connectivity index is 2.68. The Kier molecular flexibility index (Phi) is 4.41. The number of fused-ring (bicyclic) bond motifs is 1. The predicted octanol–water partition coefficient (Wildman–Crippen LogP) is 3.61. The molecule has 0 atom stereocenters. The van der Waals surface area contributed by atoms with E-state index in [0.29, 0.717) is 5.39 Å². The summed E-state index contributed by atoms with van der Waals surface area (Å²) < 4.78 is 5.92. The lowest BCUT2D eigenvalue weighted by molar-refractivity contribution is 0.0524. The number of ether oxygens (including phenoxy) is 1. The number of rotatable bonds is 2. The summed E-state index contributed by atoms with van der Waals surface area (Å²) in [7, 11) is 0. The van der Waals surface area contributed by atoms with Crippen molar-refractivity contribution in [3.8, 4) is 0 Å². The SMILES string of the molecule is CCOC(=O)c1c[nH]c2cc(C(C)(C)C)c(I)cc2c1=O. The van der Waals surface area contributed by atoms with Crippen LogP contribution in [0.25, 0.3) is 10.9 Å². The van der Waals surface area contributed by atoms with Crippen LogP contribution in [-0.2, 0) is 10.2 Å². The van der Waals surface area contributed by atoms with Crippen molar-refractivity contribution in [2.24, 2.45) is 0 Å². The number of hydrogen-bond donors (Lipinski definition) is 1. The molecule has 0 spiro atoms. The topological polar surface area (TPSA) is 59.2 Å². The Morgan fingerprint density at radius 2 is 2.00 bits per heavy atom. The van der Waals surface area contributed by atoms with E-state index in [-0.39, 0.29) is 23.0 Å². The van der Waals surface area contributed by atoms with E-state index in [0.717, 1.165) is 14.7 Å². The molecule has 4 nitrogen and oxygen atoms in total. The highest BCUT2D eigenvalue weighted by Gasteiger charge is 2.20. The third-order valence-electron chi connectivity index (χ3n) is 3.27. The van der Waals surface area contributed by atoms with Gasteiger partial charge in [-0.1, -0.05) is 20.8 Å². The van der Waals surface area contributed by atoms with Crippen LogP contribution < -0.4 is 5.43 Å². The van der Waals surface area contributed by atoms with Crippen LogP contribution in [0.3, 0.4) is 0 Å². The molecule has 1 aromatic heterocycles. The van der Waals surface area contributed by atoms with Gasteiger partial charge in [-0.15, -0.1) is 0 Å². The zero-order chi connectivity index (χ0) is 15.8. The van der Waals surface area contributed by atoms with E-state index in [2.05, 4.69) is 48.3 Å². The van der Waals surface area contributed by atoms with Gasteiger partial charge in [0, 0.05) is 20.7 Å². The summed E-state index contributed by atoms with van der Waals surface area (Å²) in [6, 6.07) is 3.81. The van der Waals surface area contributed by atoms with Crippen LogP contribution in [-0.4, -0.2) is 17.6 Å². The number of carbonyl (C=O) groups is 1. The standard InChI is InChI=1S/C16H18INO3/c1-5-21-15(20)10-8-18-13-7-11(16(2,3)4)12(17)6-9(13)14(10)19/h6-8H,5H2,1-4H3,(H,18,19). The molecule has 0 aliphatic rings. The van der Waals surface area contributed by atoms with Gasteiger partial charge in [0.05, 0.1) is 6.61 Å². The monoisotopic (exact) mass is 399 g/mol. The number of pyridine rings is 1. The van der Waals surface area contributed by atoms with Crippen LogP contribution in [0.5, 0.6) is 0 Å². The van der Waals surface area contributed by atoms with Gasteiger partial charge in [0.15, 0.2) is 0 Å². The molecule has 1 aromatic carbocycles. The summed E-state index contributed by atoms with van der Waals surface area (Å²) in [5.74, 6) is -0.587. The van der Waals surface area contributed by atoms with E-state index in [1.165, 1.54) is 6.20 Å². The molecule has 0 unspecified atom stereocenters. The van der Waals surface area contributed by atoms with Crippen LogP contribution in [0.1, 0.15) is 43.6 Å². The minimum absolute atomic E-state index is 0.0125. The zero-order valence-electron chi connectivity index (χ0n) is 12.5. The molecule has 1 heterocycles. The molecule has 112 valence electrons. The average Bonchev–Trinajstić information content (AvgIpc) is 2.38. The fourth-order valence-electron chi connectivity index (χ4n) is 2.18. The van der Waals surface area contributed by atoms with Gasteiger partial charge < -0.3 is 9.72 Å². The Hall–Kier alpha value is -1.37. The molecule has 2 aromatic rings. The van der Waals surface area contributed by atoms with E-state index < -0.39 is 5.97 Å². The molecular formula is C16H18INO3. The highest BCUT2D eigenvalue weighted by atomic mass is 127. The van der Waals surface area contributed by atoms with E-state index in [1.54, 1.807) is 6.92 Å². The maximum absolute atomic E-state index is 12.4. The molecule has 0 radical (unpaired) electrons. The number of esters is 1. The fourth-order valence-corrected chi connectivity index (χ4v) is 3.45. The second-order valence-corrected chi connectivity index (χ2v) is 7.04. The maximum atomic E-state index is 12.4. The van der Waals surface area contributed by atoms with Crippen molar-refractivity contribution in [3.05, 3.63) is 43.2 Å². The van der Waals surface area contributed by atoms with Crippen molar-refractivity contribution >= 4 is 39.5 Å². The van der Waals surface area contributed by atoms with Crippen LogP contribution in [0.2, 0.25) is 0 Å². The van der Waals surface area contributed by atoms with Crippen LogP contribution in [0.15, 0.2) is 23.1 Å². The van der Waals surface area contributed by atoms with Crippen molar-refractivity contribution in [2.45, 2.75) is 33.1 Å². The highest BCUT2D eigenvalue weighted by molar-refractivity contribution is 14.1. The van der Waals surface area contributed by atoms with E-state index >= 15 is 0 Å². The number of aromatic nitrogens is 1. The van der Waals surface area contributed by atoms with Crippen molar-refractivity contribution in [3.63, 3.8) is 0 Å². The quantitative estimate of drug-likeness (QED) is 0.620. The third kappa shape index (κ3) is 3.12. The van der Waals surface area contributed by atoms with E-state index in [9.17, 15) is 9.59 Å². The van der Waals surface area contributed by atoms with Crippen molar-refractivity contribution in [2.75, 3.05) is 6.61 Å². The van der Waals surface area contributed by atoms with Crippen LogP contribution >= 0.6 is 22.6 Å². The van der Waals surface area contributed by atoms with E-state index in [4.69, 9.17) is 4.74 Å². The molecule has 0 bridgehead atoms. The summed E-state index contributed by atoms with van der Waals surface area (Å²) in [5.41, 5.74) is 1.64. The first kappa shape index (κ1) is 16.0. The van der Waals surface area contributed by atoms with Gasteiger partial charge in [0.2, 0.25) is 5.43 Å². The number of carbonyl (C=O) groups excluding carboxylic acids is 1. The fraction of sp³-hybridized carbons (Fsp3) is 0.375. The first-order chi connectivity index (χ1) is 9.75. The summed E-state index contributed by atoms with van der Waals surface area (Å²) >= 11 is 2.23. The van der Waals surface area contributed by atoms with Gasteiger partial charge in [0.25, 0.3) is 0 Å². The van der Waals surface area contributed by atoms with Crippen LogP contribution in [0.4, 0.5) is 0 Å². The molecule has 5 heteroatoms. The normalized spacial score (nSPS) is 11.7. The summed E-state index contributed by atoms with van der Waals surface area (Å²) in [5, 5.41) is 0.512. The molecule has 1 N–H and O–H groups in total. The van der Waals surface area contributed by atoms with Gasteiger partial charge in [0.1, 0.15) is 5.56 Å². The molecule has 21 heavy (non-hydrogen) atoms. The predicted molar refractivity (Wildman–Crippen MR) is 91.9 cm³/mol. The first-order valence-electron chi connectivity index (χ1n) is 6.78. The number of aromatic amines is 1. The summed E-state index contributed by atoms with van der Waals surface area (Å²) in [4.78, 5) is 27.2. The molecule has 0 aliphatic heterocycles. The van der Waals surface area contributed by atoms with Crippen molar-refractivity contribution in [1.82, 2.24) is 4.98 Å². The lowest BCUT2D eigenvalue weighted by atomic mass is 9.86. The molecule has 0 saturated heterocycles. The third-order valence-corrected chi connectivity index (χ3v) is 4.16. The number of nitrogens with one attached hydrogen (secondary N) is 1. The van der Waals surface area contributed by atoms with E-state index in [1.807, 2.05) is 12.1 Å². The average molecular weight is 399 g/mol. The van der Waals surface area contributed by atoms with Crippen molar-refractivity contribution in [1.29, 1.82) is 0 Å². The minimum atomic E-state index is -0.587. The molecule has 0 aliphatic carbocycles. The number of hydrogen-bond acceptors (Lipinski definition) is 3. The Morgan fingerprint density at radius 1 is 1.33 bits per heavy atom. The first-order valence-corrected chi connectivity index (χ1v) is 7.86. The molecule has 0 fully saturated rings. The van der Waals surface area contributed by atoms with Gasteiger partial charge in [-0.2, -0.15) is 0 Å². The lowest BCUT2D eigenvalue weighted by Gasteiger charge is -2.21. The molecule has 2 rings (SSSR count). The van der Waals surface area contributed by atoms with Gasteiger partial charge in [-0.25, -0.2) is 4.79 Å². The van der Waals surface area contributed by atoms with Gasteiger partial charge in [-0.3, -0.25) is 4.79 Å². The number of halogens is 1. The Labute approximate surface area is 137 Å². The number of H-pyrrole nitrogens is 1. The minimum Gasteiger partial charge on any atom is -0.462 e. The molecule has 0 amide bonds. The Bertz CT molecular complexity index is 756. The second kappa shape index (κ2) is 5.79.